The predicted octanol–water partition coefficient (Wildman–Crippen LogP) is 3.17. The van der Waals surface area contributed by atoms with E-state index in [-0.39, 0.29) is 5.56 Å². The van der Waals surface area contributed by atoms with Gasteiger partial charge in [0.2, 0.25) is 0 Å². The minimum Gasteiger partial charge on any atom is -0.280 e. The van der Waals surface area contributed by atoms with Crippen LogP contribution >= 0.6 is 0 Å². The number of nitrogens with one attached hydrogen (secondary N) is 3. The number of amides is 2. The fourth-order valence-electron chi connectivity index (χ4n) is 2.47. The van der Waals surface area contributed by atoms with E-state index in [1.807, 2.05) is 18.2 Å². The fourth-order valence-corrected chi connectivity index (χ4v) is 3.34. The summed E-state index contributed by atoms with van der Waals surface area (Å²) in [4.78, 5) is 24.1. The minimum absolute atomic E-state index is 0.256. The van der Waals surface area contributed by atoms with Crippen molar-refractivity contribution < 1.29 is 18.0 Å². The molecule has 0 spiro atoms. The Bertz CT molecular complexity index is 1140. The third kappa shape index (κ3) is 6.05. The van der Waals surface area contributed by atoms with Crippen molar-refractivity contribution in [3.63, 3.8) is 0 Å². The highest BCUT2D eigenvalue weighted by molar-refractivity contribution is 7.95. The lowest BCUT2D eigenvalue weighted by atomic mass is 10.2. The van der Waals surface area contributed by atoms with Gasteiger partial charge in [-0.05, 0) is 48.0 Å². The average Bonchev–Trinajstić information content (AvgIpc) is 2.77. The fraction of sp³-hybridized carbons (Fsp3) is 0. The van der Waals surface area contributed by atoms with Crippen LogP contribution in [0.3, 0.4) is 0 Å². The molecule has 3 rings (SSSR count). The van der Waals surface area contributed by atoms with E-state index in [2.05, 4.69) is 15.6 Å². The van der Waals surface area contributed by atoms with Gasteiger partial charge >= 0.3 is 0 Å². The van der Waals surface area contributed by atoms with Gasteiger partial charge in [0.05, 0.1) is 5.41 Å². The molecule has 2 amide bonds. The summed E-state index contributed by atoms with van der Waals surface area (Å²) in [6.07, 6.45) is 1.49. The van der Waals surface area contributed by atoms with Crippen molar-refractivity contribution >= 4 is 33.6 Å². The summed E-state index contributed by atoms with van der Waals surface area (Å²) in [5.41, 5.74) is 6.36. The summed E-state index contributed by atoms with van der Waals surface area (Å²) in [5.74, 6) is -0.976. The summed E-state index contributed by atoms with van der Waals surface area (Å²) in [7, 11) is -3.71. The van der Waals surface area contributed by atoms with Gasteiger partial charge in [-0.2, -0.15) is 0 Å². The summed E-state index contributed by atoms with van der Waals surface area (Å²) in [6.45, 7) is 0. The van der Waals surface area contributed by atoms with Gasteiger partial charge in [0.1, 0.15) is 0 Å². The normalized spacial score (nSPS) is 11.1. The van der Waals surface area contributed by atoms with Crippen LogP contribution in [0.25, 0.3) is 6.08 Å². The molecular weight excluding hydrogens is 402 g/mol. The highest BCUT2D eigenvalue weighted by atomic mass is 32.2. The Morgan fingerprint density at radius 3 is 1.73 bits per heavy atom. The van der Waals surface area contributed by atoms with Gasteiger partial charge in [0.25, 0.3) is 21.8 Å². The molecule has 3 N–H and O–H groups in total. The number of hydrogen-bond donors (Lipinski definition) is 3. The zero-order chi connectivity index (χ0) is 21.4. The molecule has 0 saturated heterocycles. The van der Waals surface area contributed by atoms with Crippen LogP contribution in [0.15, 0.2) is 90.3 Å². The quantitative estimate of drug-likeness (QED) is 0.532. The van der Waals surface area contributed by atoms with Gasteiger partial charge in [0.15, 0.2) is 0 Å². The van der Waals surface area contributed by atoms with Crippen LogP contribution in [0, 0.1) is 0 Å². The van der Waals surface area contributed by atoms with Gasteiger partial charge in [-0.25, -0.2) is 8.42 Å². The SMILES string of the molecule is O=C(NNC(=O)c1ccc(NS(=O)(=O)C=Cc2ccccc2)cc1)c1ccccc1. The lowest BCUT2D eigenvalue weighted by molar-refractivity contribution is 0.0846. The van der Waals surface area contributed by atoms with Crippen LogP contribution in [0.4, 0.5) is 5.69 Å². The van der Waals surface area contributed by atoms with Crippen molar-refractivity contribution in [1.82, 2.24) is 10.9 Å². The van der Waals surface area contributed by atoms with Crippen molar-refractivity contribution in [2.45, 2.75) is 0 Å². The molecule has 7 nitrogen and oxygen atoms in total. The van der Waals surface area contributed by atoms with Crippen molar-refractivity contribution in [2.24, 2.45) is 0 Å². The van der Waals surface area contributed by atoms with Crippen LogP contribution in [-0.4, -0.2) is 20.2 Å². The highest BCUT2D eigenvalue weighted by Crippen LogP contribution is 2.13. The first-order valence-electron chi connectivity index (χ1n) is 8.95. The zero-order valence-electron chi connectivity index (χ0n) is 15.8. The molecule has 0 aliphatic heterocycles. The Morgan fingerprint density at radius 2 is 1.17 bits per heavy atom. The molecule has 8 heteroatoms. The number of carbonyl (C=O) groups excluding carboxylic acids is 2. The molecule has 0 aromatic heterocycles. The molecule has 0 radical (unpaired) electrons. The Kier molecular flexibility index (Phi) is 6.61. The largest absolute Gasteiger partial charge is 0.280 e. The minimum atomic E-state index is -3.71. The first kappa shape index (κ1) is 20.8. The lowest BCUT2D eigenvalue weighted by Crippen LogP contribution is -2.41. The number of rotatable bonds is 6. The second kappa shape index (κ2) is 9.53. The smallest absolute Gasteiger partial charge is 0.269 e. The standard InChI is InChI=1S/C22H19N3O4S/c26-21(18-9-5-2-6-10-18)23-24-22(27)19-11-13-20(14-12-19)25-30(28,29)16-15-17-7-3-1-4-8-17/h1-16,25H,(H,23,26)(H,24,27). The Hall–Kier alpha value is -3.91. The number of anilines is 1. The van der Waals surface area contributed by atoms with E-state index < -0.39 is 21.8 Å². The molecule has 152 valence electrons. The van der Waals surface area contributed by atoms with Crippen LogP contribution in [-0.2, 0) is 10.0 Å². The first-order chi connectivity index (χ1) is 14.4. The van der Waals surface area contributed by atoms with Gasteiger partial charge in [-0.3, -0.25) is 25.2 Å². The van der Waals surface area contributed by atoms with Crippen LogP contribution in [0.2, 0.25) is 0 Å². The van der Waals surface area contributed by atoms with Gasteiger partial charge in [-0.1, -0.05) is 48.5 Å². The molecule has 3 aromatic carbocycles. The van der Waals surface area contributed by atoms with E-state index in [9.17, 15) is 18.0 Å². The molecule has 0 heterocycles. The molecule has 0 bridgehead atoms. The third-order valence-electron chi connectivity index (χ3n) is 3.97. The molecular formula is C22H19N3O4S. The Morgan fingerprint density at radius 1 is 0.667 bits per heavy atom. The van der Waals surface area contributed by atoms with E-state index in [0.29, 0.717) is 11.3 Å². The molecule has 0 saturated carbocycles. The Labute approximate surface area is 174 Å². The maximum atomic E-state index is 12.2. The van der Waals surface area contributed by atoms with E-state index in [1.54, 1.807) is 42.5 Å². The topological polar surface area (TPSA) is 104 Å². The number of hydrogen-bond acceptors (Lipinski definition) is 4. The van der Waals surface area contributed by atoms with Crippen LogP contribution in [0.1, 0.15) is 26.3 Å². The Balaban J connectivity index is 1.57. The lowest BCUT2D eigenvalue weighted by Gasteiger charge is -2.08. The monoisotopic (exact) mass is 421 g/mol. The van der Waals surface area contributed by atoms with Crippen molar-refractivity contribution in [2.75, 3.05) is 4.72 Å². The maximum Gasteiger partial charge on any atom is 0.269 e. The molecule has 3 aromatic rings. The van der Waals surface area contributed by atoms with Crippen molar-refractivity contribution in [3.05, 3.63) is 107 Å². The predicted molar refractivity (Wildman–Crippen MR) is 116 cm³/mol. The van der Waals surface area contributed by atoms with Crippen LogP contribution < -0.4 is 15.6 Å². The van der Waals surface area contributed by atoms with Crippen molar-refractivity contribution in [1.29, 1.82) is 0 Å². The second-order valence-electron chi connectivity index (χ2n) is 6.21. The first-order valence-corrected chi connectivity index (χ1v) is 10.5. The second-order valence-corrected chi connectivity index (χ2v) is 7.78. The number of sulfonamides is 1. The van der Waals surface area contributed by atoms with Crippen molar-refractivity contribution in [3.8, 4) is 0 Å². The molecule has 30 heavy (non-hydrogen) atoms. The van der Waals surface area contributed by atoms with Gasteiger partial charge in [0, 0.05) is 16.8 Å². The summed E-state index contributed by atoms with van der Waals surface area (Å²) >= 11 is 0. The molecule has 0 unspecified atom stereocenters. The van der Waals surface area contributed by atoms with E-state index in [0.717, 1.165) is 11.0 Å². The van der Waals surface area contributed by atoms with Gasteiger partial charge < -0.3 is 0 Å². The zero-order valence-corrected chi connectivity index (χ0v) is 16.6. The summed E-state index contributed by atoms with van der Waals surface area (Å²) in [6, 6.07) is 23.3. The molecule has 0 fully saturated rings. The number of benzene rings is 3. The summed E-state index contributed by atoms with van der Waals surface area (Å²) in [5, 5.41) is 1.07. The van der Waals surface area contributed by atoms with E-state index in [1.165, 1.54) is 30.3 Å². The third-order valence-corrected chi connectivity index (χ3v) is 4.99. The molecule has 0 atom stereocenters. The maximum absolute atomic E-state index is 12.2. The van der Waals surface area contributed by atoms with Gasteiger partial charge in [-0.15, -0.1) is 0 Å². The average molecular weight is 421 g/mol. The molecule has 0 aliphatic rings. The summed E-state index contributed by atoms with van der Waals surface area (Å²) < 4.78 is 26.8. The molecule has 0 aliphatic carbocycles. The van der Waals surface area contributed by atoms with Crippen LogP contribution in [0.5, 0.6) is 0 Å². The highest BCUT2D eigenvalue weighted by Gasteiger charge is 2.10. The number of hydrazine groups is 1. The van der Waals surface area contributed by atoms with E-state index >= 15 is 0 Å². The van der Waals surface area contributed by atoms with E-state index in [4.69, 9.17) is 0 Å². The number of carbonyl (C=O) groups is 2.